The number of hydrogen-bond acceptors (Lipinski definition) is 7. The van der Waals surface area contributed by atoms with Crippen LogP contribution in [-0.2, 0) is 11.3 Å². The van der Waals surface area contributed by atoms with E-state index >= 15 is 0 Å². The molecule has 1 saturated heterocycles. The van der Waals surface area contributed by atoms with Gasteiger partial charge in [0.1, 0.15) is 18.3 Å². The van der Waals surface area contributed by atoms with Crippen molar-refractivity contribution in [3.8, 4) is 0 Å². The molecule has 1 aliphatic heterocycles. The highest BCUT2D eigenvalue weighted by Gasteiger charge is 2.44. The van der Waals surface area contributed by atoms with E-state index in [1.54, 1.807) is 0 Å². The summed E-state index contributed by atoms with van der Waals surface area (Å²) in [5, 5.41) is 20.2. The van der Waals surface area contributed by atoms with Crippen LogP contribution in [0.4, 0.5) is 0 Å². The maximum absolute atomic E-state index is 11.8. The Balaban J connectivity index is 1.87. The minimum Gasteiger partial charge on any atom is -0.387 e. The van der Waals surface area contributed by atoms with Gasteiger partial charge in [0.15, 0.2) is 6.23 Å². The van der Waals surface area contributed by atoms with Gasteiger partial charge in [0.2, 0.25) is 0 Å². The molecule has 0 spiro atoms. The molecule has 0 bridgehead atoms. The fourth-order valence-corrected chi connectivity index (χ4v) is 2.52. The Hall–Kier alpha value is -2.76. The zero-order chi connectivity index (χ0) is 17.4. The van der Waals surface area contributed by atoms with Gasteiger partial charge < -0.3 is 14.9 Å². The van der Waals surface area contributed by atoms with Crippen LogP contribution in [0.25, 0.3) is 0 Å². The lowest BCUT2D eigenvalue weighted by Gasteiger charge is -2.16. The van der Waals surface area contributed by atoms with Crippen molar-refractivity contribution in [1.82, 2.24) is 19.1 Å². The molecule has 0 aliphatic carbocycles. The minimum absolute atomic E-state index is 0.150. The Morgan fingerprint density at radius 2 is 1.58 bits per heavy atom. The fraction of sp³-hybridized carbons (Fsp3) is 0.385. The Labute approximate surface area is 132 Å². The molecule has 11 heteroatoms. The van der Waals surface area contributed by atoms with E-state index < -0.39 is 47.0 Å². The van der Waals surface area contributed by atoms with E-state index in [-0.39, 0.29) is 6.54 Å². The van der Waals surface area contributed by atoms with Crippen LogP contribution in [0.1, 0.15) is 6.23 Å². The first-order valence-corrected chi connectivity index (χ1v) is 6.99. The number of aliphatic hydroxyl groups excluding tert-OH is 2. The molecule has 4 N–H and O–H groups in total. The van der Waals surface area contributed by atoms with Gasteiger partial charge in [-0.05, 0) is 0 Å². The molecule has 0 amide bonds. The summed E-state index contributed by atoms with van der Waals surface area (Å²) in [6.45, 7) is -0.150. The Kier molecular flexibility index (Phi) is 4.05. The maximum atomic E-state index is 11.8. The van der Waals surface area contributed by atoms with Crippen molar-refractivity contribution in [2.24, 2.45) is 0 Å². The van der Waals surface area contributed by atoms with Gasteiger partial charge in [-0.3, -0.25) is 28.7 Å². The molecule has 0 saturated carbocycles. The number of rotatable bonds is 3. The van der Waals surface area contributed by atoms with Gasteiger partial charge in [-0.15, -0.1) is 0 Å². The number of H-pyrrole nitrogens is 2. The van der Waals surface area contributed by atoms with Crippen LogP contribution < -0.4 is 22.5 Å². The Bertz CT molecular complexity index is 971. The van der Waals surface area contributed by atoms with Crippen LogP contribution in [0.3, 0.4) is 0 Å². The van der Waals surface area contributed by atoms with Crippen LogP contribution in [0, 0.1) is 0 Å². The molecule has 3 rings (SSSR count). The predicted molar refractivity (Wildman–Crippen MR) is 78.6 cm³/mol. The molecule has 2 aromatic heterocycles. The van der Waals surface area contributed by atoms with Crippen molar-refractivity contribution in [3.05, 3.63) is 66.2 Å². The zero-order valence-corrected chi connectivity index (χ0v) is 12.2. The quantitative estimate of drug-likeness (QED) is 0.456. The molecule has 0 unspecified atom stereocenters. The highest BCUT2D eigenvalue weighted by molar-refractivity contribution is 4.94. The molecule has 11 nitrogen and oxygen atoms in total. The molecular weight excluding hydrogens is 324 g/mol. The maximum Gasteiger partial charge on any atom is 0.330 e. The normalized spacial score (nSPS) is 26.6. The average Bonchev–Trinajstić information content (AvgIpc) is 2.78. The van der Waals surface area contributed by atoms with Crippen molar-refractivity contribution >= 4 is 0 Å². The second kappa shape index (κ2) is 6.03. The van der Waals surface area contributed by atoms with Gasteiger partial charge in [-0.1, -0.05) is 0 Å². The predicted octanol–water partition coefficient (Wildman–Crippen LogP) is -3.29. The number of nitrogens with zero attached hydrogens (tertiary/aromatic N) is 2. The summed E-state index contributed by atoms with van der Waals surface area (Å²) in [5.41, 5.74) is -2.68. The highest BCUT2D eigenvalue weighted by atomic mass is 16.6. The van der Waals surface area contributed by atoms with Crippen LogP contribution in [-0.4, -0.2) is 47.6 Å². The molecule has 1 fully saturated rings. The van der Waals surface area contributed by atoms with Gasteiger partial charge in [-0.25, -0.2) is 9.59 Å². The molecule has 128 valence electrons. The van der Waals surface area contributed by atoms with Gasteiger partial charge in [0.25, 0.3) is 11.1 Å². The monoisotopic (exact) mass is 338 g/mol. The van der Waals surface area contributed by atoms with E-state index in [9.17, 15) is 29.4 Å². The zero-order valence-electron chi connectivity index (χ0n) is 12.2. The van der Waals surface area contributed by atoms with Crippen molar-refractivity contribution in [1.29, 1.82) is 0 Å². The first kappa shape index (κ1) is 16.1. The van der Waals surface area contributed by atoms with Gasteiger partial charge >= 0.3 is 11.4 Å². The topological polar surface area (TPSA) is 159 Å². The number of aromatic amines is 2. The third-order valence-corrected chi connectivity index (χ3v) is 3.74. The summed E-state index contributed by atoms with van der Waals surface area (Å²) in [7, 11) is 0. The average molecular weight is 338 g/mol. The van der Waals surface area contributed by atoms with Crippen molar-refractivity contribution in [3.63, 3.8) is 0 Å². The Morgan fingerprint density at radius 3 is 2.21 bits per heavy atom. The van der Waals surface area contributed by atoms with E-state index in [4.69, 9.17) is 4.74 Å². The Morgan fingerprint density at radius 1 is 0.958 bits per heavy atom. The van der Waals surface area contributed by atoms with E-state index in [1.807, 2.05) is 4.98 Å². The third-order valence-electron chi connectivity index (χ3n) is 3.74. The smallest absolute Gasteiger partial charge is 0.330 e. The van der Waals surface area contributed by atoms with E-state index in [1.165, 1.54) is 6.20 Å². The van der Waals surface area contributed by atoms with Crippen LogP contribution in [0.15, 0.2) is 43.7 Å². The molecule has 3 heterocycles. The molecule has 24 heavy (non-hydrogen) atoms. The van der Waals surface area contributed by atoms with E-state index in [0.717, 1.165) is 27.5 Å². The summed E-state index contributed by atoms with van der Waals surface area (Å²) in [4.78, 5) is 49.6. The lowest BCUT2D eigenvalue weighted by atomic mass is 10.1. The lowest BCUT2D eigenvalue weighted by molar-refractivity contribution is -0.0443. The SMILES string of the molecule is O=c1ccn(C[C@H]2O[C@@H](n3ccc(=O)[nH]c3=O)[C@H](O)[C@@H]2O)c(=O)[nH]1. The number of aliphatic hydroxyl groups is 2. The van der Waals surface area contributed by atoms with Crippen LogP contribution >= 0.6 is 0 Å². The number of hydrogen-bond donors (Lipinski definition) is 4. The summed E-state index contributed by atoms with van der Waals surface area (Å²) < 4.78 is 7.50. The molecular formula is C13H14N4O7. The number of ether oxygens (including phenoxy) is 1. The first-order chi connectivity index (χ1) is 11.4. The standard InChI is InChI=1S/C13H14N4O7/c18-7-1-3-16(12(22)14-7)5-6-9(20)10(21)11(24-6)17-4-2-8(19)15-13(17)23/h1-4,6,9-11,20-21H,5H2,(H,14,18,22)(H,15,19,23)/t6-,9-,10-,11-/m1/s1. The summed E-state index contributed by atoms with van der Waals surface area (Å²) in [6, 6.07) is 2.20. The minimum atomic E-state index is -1.45. The van der Waals surface area contributed by atoms with Crippen molar-refractivity contribution in [2.45, 2.75) is 31.1 Å². The van der Waals surface area contributed by atoms with Gasteiger partial charge in [0.05, 0.1) is 6.54 Å². The molecule has 0 radical (unpaired) electrons. The fourth-order valence-electron chi connectivity index (χ4n) is 2.52. The largest absolute Gasteiger partial charge is 0.387 e. The van der Waals surface area contributed by atoms with E-state index in [2.05, 4.69) is 4.98 Å². The third kappa shape index (κ3) is 2.87. The second-order valence-electron chi connectivity index (χ2n) is 5.33. The first-order valence-electron chi connectivity index (χ1n) is 6.99. The second-order valence-corrected chi connectivity index (χ2v) is 5.33. The van der Waals surface area contributed by atoms with E-state index in [0.29, 0.717) is 0 Å². The molecule has 0 aromatic carbocycles. The molecule has 2 aromatic rings. The van der Waals surface area contributed by atoms with Crippen LogP contribution in [0.5, 0.6) is 0 Å². The number of nitrogens with one attached hydrogen (secondary N) is 2. The van der Waals surface area contributed by atoms with Crippen molar-refractivity contribution < 1.29 is 14.9 Å². The highest BCUT2D eigenvalue weighted by Crippen LogP contribution is 2.28. The van der Waals surface area contributed by atoms with Crippen molar-refractivity contribution in [2.75, 3.05) is 0 Å². The molecule has 1 aliphatic rings. The van der Waals surface area contributed by atoms with Gasteiger partial charge in [-0.2, -0.15) is 0 Å². The van der Waals surface area contributed by atoms with Crippen LogP contribution in [0.2, 0.25) is 0 Å². The summed E-state index contributed by atoms with van der Waals surface area (Å²) >= 11 is 0. The molecule has 4 atom stereocenters. The van der Waals surface area contributed by atoms with Gasteiger partial charge in [0, 0.05) is 24.5 Å². The summed E-state index contributed by atoms with van der Waals surface area (Å²) in [5.74, 6) is 0. The lowest BCUT2D eigenvalue weighted by Crippen LogP contribution is -2.38. The summed E-state index contributed by atoms with van der Waals surface area (Å²) in [6.07, 6.45) is -2.70. The number of aromatic nitrogens is 4.